The van der Waals surface area contributed by atoms with Crippen molar-refractivity contribution in [3.05, 3.63) is 35.9 Å². The van der Waals surface area contributed by atoms with E-state index in [0.29, 0.717) is 31.0 Å². The van der Waals surface area contributed by atoms with Crippen molar-refractivity contribution in [1.29, 1.82) is 0 Å². The molecule has 1 fully saturated rings. The van der Waals surface area contributed by atoms with Crippen LogP contribution in [-0.4, -0.2) is 98.6 Å². The number of hydrogen-bond donors (Lipinski definition) is 5. The van der Waals surface area contributed by atoms with Gasteiger partial charge in [0.15, 0.2) is 0 Å². The largest absolute Gasteiger partial charge is 0.475 e. The van der Waals surface area contributed by atoms with Crippen LogP contribution in [0, 0.1) is 0 Å². The van der Waals surface area contributed by atoms with Crippen molar-refractivity contribution < 1.29 is 37.7 Å². The maximum absolute atomic E-state index is 13.3. The molecule has 0 radical (unpaired) electrons. The van der Waals surface area contributed by atoms with Crippen LogP contribution < -0.4 is 20.7 Å². The minimum absolute atomic E-state index is 0.0626. The molecule has 15 heteroatoms. The third-order valence-electron chi connectivity index (χ3n) is 5.93. The molecule has 0 saturated carbocycles. The topological polar surface area (TPSA) is 152 Å². The number of aliphatic hydroxyl groups is 2. The third kappa shape index (κ3) is 5.46. The smallest absolute Gasteiger partial charge is 0.408 e. The Bertz CT molecular complexity index is 1070. The molecule has 3 aliphatic heterocycles. The van der Waals surface area contributed by atoms with Gasteiger partial charge in [-0.3, -0.25) is 15.0 Å². The Morgan fingerprint density at radius 3 is 2.89 bits per heavy atom. The molecule has 2 bridgehead atoms. The quantitative estimate of drug-likeness (QED) is 0.336. The van der Waals surface area contributed by atoms with Gasteiger partial charge in [-0.05, 0) is 19.4 Å². The zero-order valence-electron chi connectivity index (χ0n) is 19.2. The number of anilines is 1. The van der Waals surface area contributed by atoms with Crippen LogP contribution in [-0.2, 0) is 4.79 Å². The highest BCUT2D eigenvalue weighted by Gasteiger charge is 2.43. The lowest BCUT2D eigenvalue weighted by atomic mass is 10.1. The molecule has 4 heterocycles. The van der Waals surface area contributed by atoms with Crippen molar-refractivity contribution in [2.24, 2.45) is 0 Å². The number of dihydropyridines is 1. The normalized spacial score (nSPS) is 22.5. The number of nitrogens with one attached hydrogen (secondary N) is 3. The van der Waals surface area contributed by atoms with E-state index in [9.17, 15) is 27.9 Å². The van der Waals surface area contributed by atoms with E-state index in [4.69, 9.17) is 9.84 Å². The van der Waals surface area contributed by atoms with Gasteiger partial charge >= 0.3 is 12.2 Å². The Morgan fingerprint density at radius 1 is 1.39 bits per heavy atom. The first kappa shape index (κ1) is 25.5. The highest BCUT2D eigenvalue weighted by Crippen LogP contribution is 2.33. The van der Waals surface area contributed by atoms with Gasteiger partial charge < -0.3 is 30.5 Å². The molecule has 36 heavy (non-hydrogen) atoms. The average Bonchev–Trinajstić information content (AvgIpc) is 3.25. The lowest BCUT2D eigenvalue weighted by molar-refractivity contribution is -0.158. The standard InChI is InChI=1S/C21H26F3N7O5/c1-11(21(22,23)24)26-18(34)14-2-3-15-17(27-14)31(12-5-7-30(15)8-12)20(35)29-19-25-6-4-16(28-19)36-10-13(33)9-32/h2-4,6,11-14,27,32-33H,5,7-10H2,1H3,(H,26,34)(H,25,28,29,35)/t11-,12+,13-,14?/m1/s1. The molecule has 0 aromatic carbocycles. The molecule has 3 aliphatic rings. The summed E-state index contributed by atoms with van der Waals surface area (Å²) in [7, 11) is 0. The summed E-state index contributed by atoms with van der Waals surface area (Å²) in [4.78, 5) is 37.3. The van der Waals surface area contributed by atoms with Crippen molar-refractivity contribution in [2.45, 2.75) is 43.8 Å². The summed E-state index contributed by atoms with van der Waals surface area (Å²) in [6.45, 7) is 1.35. The van der Waals surface area contributed by atoms with Crippen LogP contribution in [0.25, 0.3) is 0 Å². The van der Waals surface area contributed by atoms with E-state index in [-0.39, 0.29) is 24.5 Å². The fourth-order valence-electron chi connectivity index (χ4n) is 4.02. The molecule has 4 rings (SSSR count). The van der Waals surface area contributed by atoms with E-state index in [1.54, 1.807) is 6.08 Å². The van der Waals surface area contributed by atoms with Gasteiger partial charge in [0.05, 0.1) is 18.3 Å². The number of allylic oxidation sites excluding steroid dienone is 1. The van der Waals surface area contributed by atoms with Gasteiger partial charge in [-0.15, -0.1) is 0 Å². The van der Waals surface area contributed by atoms with Gasteiger partial charge in [0.1, 0.15) is 30.6 Å². The number of aromatic nitrogens is 2. The first-order chi connectivity index (χ1) is 17.1. The van der Waals surface area contributed by atoms with Crippen LogP contribution in [0.5, 0.6) is 5.88 Å². The van der Waals surface area contributed by atoms with E-state index >= 15 is 0 Å². The van der Waals surface area contributed by atoms with Crippen LogP contribution in [0.1, 0.15) is 13.3 Å². The molecule has 1 unspecified atom stereocenters. The second-order valence-electron chi connectivity index (χ2n) is 8.54. The van der Waals surface area contributed by atoms with Crippen LogP contribution in [0.4, 0.5) is 23.9 Å². The van der Waals surface area contributed by atoms with Gasteiger partial charge in [0, 0.05) is 25.4 Å². The summed E-state index contributed by atoms with van der Waals surface area (Å²) in [5.41, 5.74) is 0.641. The molecule has 5 N–H and O–H groups in total. The minimum atomic E-state index is -4.59. The number of fused-ring (bicyclic) bond motifs is 3. The number of halogens is 3. The Morgan fingerprint density at radius 2 is 2.17 bits per heavy atom. The number of rotatable bonds is 7. The lowest BCUT2D eigenvalue weighted by Crippen LogP contribution is -2.57. The van der Waals surface area contributed by atoms with Gasteiger partial charge in [0.2, 0.25) is 17.7 Å². The molecule has 4 atom stereocenters. The van der Waals surface area contributed by atoms with Gasteiger partial charge in [-0.2, -0.15) is 18.2 Å². The summed E-state index contributed by atoms with van der Waals surface area (Å²) < 4.78 is 43.9. The molecule has 0 aliphatic carbocycles. The molecular formula is C21H26F3N7O5. The minimum Gasteiger partial charge on any atom is -0.475 e. The van der Waals surface area contributed by atoms with Gasteiger partial charge in [0.25, 0.3) is 0 Å². The first-order valence-corrected chi connectivity index (χ1v) is 11.2. The molecule has 0 spiro atoms. The fraction of sp³-hybridized carbons (Fsp3) is 0.524. The second kappa shape index (κ2) is 10.2. The van der Waals surface area contributed by atoms with Crippen molar-refractivity contribution in [3.8, 4) is 5.88 Å². The van der Waals surface area contributed by atoms with E-state index in [2.05, 4.69) is 20.6 Å². The lowest BCUT2D eigenvalue weighted by Gasteiger charge is -2.40. The number of nitrogens with zero attached hydrogens (tertiary/aromatic N) is 4. The van der Waals surface area contributed by atoms with Gasteiger partial charge in [-0.25, -0.2) is 9.78 Å². The molecule has 1 saturated heterocycles. The Hall–Kier alpha value is -3.59. The molecule has 196 valence electrons. The number of hydrogen-bond acceptors (Lipinski definition) is 9. The maximum Gasteiger partial charge on any atom is 0.408 e. The van der Waals surface area contributed by atoms with Crippen LogP contribution >= 0.6 is 0 Å². The van der Waals surface area contributed by atoms with Crippen molar-refractivity contribution in [3.63, 3.8) is 0 Å². The second-order valence-corrected chi connectivity index (χ2v) is 8.54. The van der Waals surface area contributed by atoms with Gasteiger partial charge in [-0.1, -0.05) is 6.08 Å². The third-order valence-corrected chi connectivity index (χ3v) is 5.93. The first-order valence-electron chi connectivity index (χ1n) is 11.2. The molecule has 3 amide bonds. The predicted octanol–water partition coefficient (Wildman–Crippen LogP) is -0.106. The average molecular weight is 513 g/mol. The zero-order chi connectivity index (χ0) is 26.0. The highest BCUT2D eigenvalue weighted by atomic mass is 19.4. The number of carbonyl (C=O) groups is 2. The van der Waals surface area contributed by atoms with E-state index in [1.165, 1.54) is 23.2 Å². The number of carbonyl (C=O) groups excluding carboxylic acids is 2. The maximum atomic E-state index is 13.3. The Balaban J connectivity index is 1.48. The summed E-state index contributed by atoms with van der Waals surface area (Å²) in [5.74, 6) is -0.609. The number of alkyl halides is 3. The molecule has 1 aromatic rings. The van der Waals surface area contributed by atoms with Crippen LogP contribution in [0.3, 0.4) is 0 Å². The van der Waals surface area contributed by atoms with Crippen LogP contribution in [0.15, 0.2) is 35.9 Å². The van der Waals surface area contributed by atoms with Crippen molar-refractivity contribution >= 4 is 17.9 Å². The number of amides is 3. The Labute approximate surface area is 203 Å². The summed E-state index contributed by atoms with van der Waals surface area (Å²) >= 11 is 0. The number of ether oxygens (including phenoxy) is 1. The monoisotopic (exact) mass is 513 g/mol. The Kier molecular flexibility index (Phi) is 7.21. The van der Waals surface area contributed by atoms with Crippen molar-refractivity contribution in [2.75, 3.05) is 31.6 Å². The number of urea groups is 1. The van der Waals surface area contributed by atoms with Crippen LogP contribution in [0.2, 0.25) is 0 Å². The van der Waals surface area contributed by atoms with E-state index in [0.717, 1.165) is 6.92 Å². The number of aliphatic hydroxyl groups excluding tert-OH is 2. The summed E-state index contributed by atoms with van der Waals surface area (Å²) in [6.07, 6.45) is -0.637. The molecule has 12 nitrogen and oxygen atoms in total. The van der Waals surface area contributed by atoms with E-state index in [1.807, 2.05) is 10.2 Å². The van der Waals surface area contributed by atoms with E-state index < -0.39 is 42.9 Å². The molecule has 1 aromatic heterocycles. The zero-order valence-corrected chi connectivity index (χ0v) is 19.2. The SMILES string of the molecule is C[C@@H](NC(=O)C1C=CC2=C(N1)N(C(=O)Nc1nccc(OC[C@H](O)CO)n1)[C@H]1CCN2C1)C(F)(F)F. The predicted molar refractivity (Wildman–Crippen MR) is 118 cm³/mol. The summed E-state index contributed by atoms with van der Waals surface area (Å²) in [5, 5.41) is 25.7. The van der Waals surface area contributed by atoms with Crippen molar-refractivity contribution in [1.82, 2.24) is 30.4 Å². The summed E-state index contributed by atoms with van der Waals surface area (Å²) in [6, 6.07) is -2.60. The fourth-order valence-corrected chi connectivity index (χ4v) is 4.02. The molecular weight excluding hydrogens is 487 g/mol. The highest BCUT2D eigenvalue weighted by molar-refractivity contribution is 5.90.